The molecule has 0 aliphatic rings. The van der Waals surface area contributed by atoms with E-state index in [9.17, 15) is 9.50 Å². The van der Waals surface area contributed by atoms with Gasteiger partial charge in [-0.15, -0.1) is 0 Å². The molecular weight excluding hydrogens is 285 g/mol. The molecule has 0 amide bonds. The van der Waals surface area contributed by atoms with E-state index in [1.165, 1.54) is 12.1 Å². The van der Waals surface area contributed by atoms with Crippen LogP contribution in [0.1, 0.15) is 32.8 Å². The zero-order valence-corrected chi connectivity index (χ0v) is 14.7. The zero-order chi connectivity index (χ0) is 16.3. The van der Waals surface area contributed by atoms with Crippen LogP contribution < -0.4 is 5.73 Å². The van der Waals surface area contributed by atoms with Gasteiger partial charge in [0.2, 0.25) is 0 Å². The van der Waals surface area contributed by atoms with Gasteiger partial charge in [0.05, 0.1) is 0 Å². The average Bonchev–Trinajstić information content (AvgIpc) is 2.37. The first-order valence-corrected chi connectivity index (χ1v) is 10.3. The van der Waals surface area contributed by atoms with E-state index in [1.54, 1.807) is 12.1 Å². The fourth-order valence-electron chi connectivity index (χ4n) is 1.82. The zero-order valence-electron chi connectivity index (χ0n) is 13.7. The Labute approximate surface area is 128 Å². The molecule has 0 fully saturated rings. The predicted molar refractivity (Wildman–Crippen MR) is 87.1 cm³/mol. The summed E-state index contributed by atoms with van der Waals surface area (Å²) in [7, 11) is -1.84. The summed E-state index contributed by atoms with van der Waals surface area (Å²) in [5.74, 6) is -0.323. The van der Waals surface area contributed by atoms with Crippen LogP contribution in [0.2, 0.25) is 18.1 Å². The van der Waals surface area contributed by atoms with Crippen molar-refractivity contribution >= 4 is 8.32 Å². The van der Waals surface area contributed by atoms with Gasteiger partial charge in [0, 0.05) is 19.6 Å². The highest BCUT2D eigenvalue weighted by atomic mass is 28.4. The molecule has 0 bridgehead atoms. The van der Waals surface area contributed by atoms with Gasteiger partial charge in [-0.25, -0.2) is 4.39 Å². The molecule has 3 nitrogen and oxygen atoms in total. The van der Waals surface area contributed by atoms with Crippen molar-refractivity contribution in [3.05, 3.63) is 35.6 Å². The molecule has 0 aromatic heterocycles. The number of rotatable bonds is 6. The van der Waals surface area contributed by atoms with Gasteiger partial charge in [-0.1, -0.05) is 32.9 Å². The summed E-state index contributed by atoms with van der Waals surface area (Å²) in [4.78, 5) is 0. The first-order chi connectivity index (χ1) is 9.52. The first kappa shape index (κ1) is 18.3. The Hall–Kier alpha value is -0.753. The molecule has 21 heavy (non-hydrogen) atoms. The molecule has 1 atom stereocenters. The summed E-state index contributed by atoms with van der Waals surface area (Å²) in [6, 6.07) is 5.83. The standard InChI is InChI=1S/C16H28FNO2Si/c1-15(2,3)21(4,5)20-11-10-16(19,12-18)13-6-8-14(17)9-7-13/h6-9,19H,10-12,18H2,1-5H3/t16-/m0/s1. The van der Waals surface area contributed by atoms with Crippen molar-refractivity contribution in [1.82, 2.24) is 0 Å². The summed E-state index contributed by atoms with van der Waals surface area (Å²) >= 11 is 0. The number of halogens is 1. The lowest BCUT2D eigenvalue weighted by Crippen LogP contribution is -2.43. The molecule has 5 heteroatoms. The quantitative estimate of drug-likeness (QED) is 0.792. The molecule has 0 aliphatic heterocycles. The van der Waals surface area contributed by atoms with Gasteiger partial charge in [0.1, 0.15) is 11.4 Å². The van der Waals surface area contributed by atoms with Gasteiger partial charge in [0.15, 0.2) is 8.32 Å². The van der Waals surface area contributed by atoms with Gasteiger partial charge < -0.3 is 15.3 Å². The number of hydrogen-bond acceptors (Lipinski definition) is 3. The third-order valence-corrected chi connectivity index (χ3v) is 9.04. The Bertz CT molecular complexity index is 456. The third kappa shape index (κ3) is 4.61. The van der Waals surface area contributed by atoms with E-state index in [4.69, 9.17) is 10.2 Å². The first-order valence-electron chi connectivity index (χ1n) is 7.34. The number of aliphatic hydroxyl groups is 1. The smallest absolute Gasteiger partial charge is 0.191 e. The highest BCUT2D eigenvalue weighted by molar-refractivity contribution is 6.74. The highest BCUT2D eigenvalue weighted by Crippen LogP contribution is 2.37. The highest BCUT2D eigenvalue weighted by Gasteiger charge is 2.38. The normalized spacial score (nSPS) is 15.8. The van der Waals surface area contributed by atoms with Crippen molar-refractivity contribution in [1.29, 1.82) is 0 Å². The maximum absolute atomic E-state index is 13.0. The van der Waals surface area contributed by atoms with Gasteiger partial charge in [-0.2, -0.15) is 0 Å². The van der Waals surface area contributed by atoms with Crippen molar-refractivity contribution < 1.29 is 13.9 Å². The van der Waals surface area contributed by atoms with E-state index in [2.05, 4.69) is 33.9 Å². The van der Waals surface area contributed by atoms with Crippen LogP contribution in [0.3, 0.4) is 0 Å². The van der Waals surface area contributed by atoms with Crippen LogP contribution >= 0.6 is 0 Å². The van der Waals surface area contributed by atoms with Crippen molar-refractivity contribution in [3.8, 4) is 0 Å². The minimum absolute atomic E-state index is 0.0828. The van der Waals surface area contributed by atoms with E-state index >= 15 is 0 Å². The monoisotopic (exact) mass is 313 g/mol. The van der Waals surface area contributed by atoms with E-state index in [-0.39, 0.29) is 17.4 Å². The maximum Gasteiger partial charge on any atom is 0.191 e. The maximum atomic E-state index is 13.0. The summed E-state index contributed by atoms with van der Waals surface area (Å²) in [6.07, 6.45) is 0.404. The Morgan fingerprint density at radius 2 is 1.71 bits per heavy atom. The molecule has 0 aliphatic carbocycles. The molecule has 0 saturated carbocycles. The molecule has 1 rings (SSSR count). The Kier molecular flexibility index (Phi) is 5.72. The van der Waals surface area contributed by atoms with Crippen LogP contribution in [-0.4, -0.2) is 26.6 Å². The second-order valence-electron chi connectivity index (χ2n) is 7.10. The summed E-state index contributed by atoms with van der Waals surface area (Å²) < 4.78 is 19.1. The van der Waals surface area contributed by atoms with Crippen LogP contribution in [0.5, 0.6) is 0 Å². The minimum Gasteiger partial charge on any atom is -0.417 e. The summed E-state index contributed by atoms with van der Waals surface area (Å²) in [6.45, 7) is 11.4. The van der Waals surface area contributed by atoms with Crippen molar-refractivity contribution in [2.24, 2.45) is 5.73 Å². The van der Waals surface area contributed by atoms with Gasteiger partial charge >= 0.3 is 0 Å². The van der Waals surface area contributed by atoms with Gasteiger partial charge in [-0.3, -0.25) is 0 Å². The van der Waals surface area contributed by atoms with Gasteiger partial charge in [-0.05, 0) is 35.8 Å². The molecule has 0 unspecified atom stereocenters. The molecular formula is C16H28FNO2Si. The Morgan fingerprint density at radius 1 is 1.19 bits per heavy atom. The second kappa shape index (κ2) is 6.56. The van der Waals surface area contributed by atoms with Crippen LogP contribution in [0.25, 0.3) is 0 Å². The van der Waals surface area contributed by atoms with E-state index < -0.39 is 13.9 Å². The van der Waals surface area contributed by atoms with E-state index in [0.29, 0.717) is 18.6 Å². The molecule has 0 radical (unpaired) electrons. The molecule has 0 spiro atoms. The SMILES string of the molecule is CC(C)(C)[Si](C)(C)OCC[C@](O)(CN)c1ccc(F)cc1. The molecule has 0 heterocycles. The minimum atomic E-state index is -1.84. The fraction of sp³-hybridized carbons (Fsp3) is 0.625. The number of benzene rings is 1. The number of nitrogens with two attached hydrogens (primary N) is 1. The van der Waals surface area contributed by atoms with Crippen molar-refractivity contribution in [2.45, 2.75) is 50.9 Å². The predicted octanol–water partition coefficient (Wildman–Crippen LogP) is 3.38. The summed E-state index contributed by atoms with van der Waals surface area (Å²) in [5, 5.41) is 10.8. The van der Waals surface area contributed by atoms with Crippen LogP contribution in [-0.2, 0) is 10.0 Å². The topological polar surface area (TPSA) is 55.5 Å². The Morgan fingerprint density at radius 3 is 2.14 bits per heavy atom. The fourth-order valence-corrected chi connectivity index (χ4v) is 2.86. The molecule has 3 N–H and O–H groups in total. The molecule has 120 valence electrons. The van der Waals surface area contributed by atoms with Gasteiger partial charge in [0.25, 0.3) is 0 Å². The third-order valence-electron chi connectivity index (χ3n) is 4.50. The van der Waals surface area contributed by atoms with Crippen LogP contribution in [0, 0.1) is 5.82 Å². The Balaban J connectivity index is 2.73. The van der Waals surface area contributed by atoms with E-state index in [0.717, 1.165) is 0 Å². The lowest BCUT2D eigenvalue weighted by molar-refractivity contribution is 0.0216. The average molecular weight is 313 g/mol. The van der Waals surface area contributed by atoms with Crippen molar-refractivity contribution in [2.75, 3.05) is 13.2 Å². The molecule has 1 aromatic rings. The van der Waals surface area contributed by atoms with Crippen LogP contribution in [0.4, 0.5) is 4.39 Å². The summed E-state index contributed by atoms with van der Waals surface area (Å²) in [5.41, 5.74) is 5.18. The van der Waals surface area contributed by atoms with Crippen LogP contribution in [0.15, 0.2) is 24.3 Å². The molecule has 1 aromatic carbocycles. The lowest BCUT2D eigenvalue weighted by Gasteiger charge is -2.37. The largest absolute Gasteiger partial charge is 0.417 e. The van der Waals surface area contributed by atoms with E-state index in [1.807, 2.05) is 0 Å². The lowest BCUT2D eigenvalue weighted by atomic mass is 9.91. The van der Waals surface area contributed by atoms with Crippen molar-refractivity contribution in [3.63, 3.8) is 0 Å². The number of hydrogen-bond donors (Lipinski definition) is 2. The second-order valence-corrected chi connectivity index (χ2v) is 11.9. The molecule has 0 saturated heterocycles.